The Bertz CT molecular complexity index is 1180. The molecule has 2 heterocycles. The van der Waals surface area contributed by atoms with E-state index in [0.717, 1.165) is 12.1 Å². The van der Waals surface area contributed by atoms with E-state index in [1.54, 1.807) is 0 Å². The van der Waals surface area contributed by atoms with Gasteiger partial charge in [0, 0.05) is 23.5 Å². The minimum absolute atomic E-state index is 0.0766. The minimum atomic E-state index is -4.66. The summed E-state index contributed by atoms with van der Waals surface area (Å²) in [5, 5.41) is 10.6. The minimum Gasteiger partial charge on any atom is -0.428 e. The Morgan fingerprint density at radius 2 is 1.82 bits per heavy atom. The SMILES string of the molecule is CC(N(O)c1cc(-c2ccnc(-c3cccc(OC(F)(F)C(F)F)c3)n2)ccn1)P(N)(=O)O. The molecule has 176 valence electrons. The molecule has 2 aromatic heterocycles. The van der Waals surface area contributed by atoms with Crippen molar-refractivity contribution in [2.24, 2.45) is 5.50 Å². The summed E-state index contributed by atoms with van der Waals surface area (Å²) in [6, 6.07) is 9.40. The zero-order chi connectivity index (χ0) is 24.4. The van der Waals surface area contributed by atoms with E-state index in [1.165, 1.54) is 49.6 Å². The van der Waals surface area contributed by atoms with Crippen molar-refractivity contribution < 1.29 is 37.0 Å². The quantitative estimate of drug-likeness (QED) is 0.244. The van der Waals surface area contributed by atoms with Crippen LogP contribution in [0.25, 0.3) is 22.6 Å². The summed E-state index contributed by atoms with van der Waals surface area (Å²) in [5.74, 6) is -1.84. The van der Waals surface area contributed by atoms with Crippen LogP contribution in [0.3, 0.4) is 0 Å². The summed E-state index contributed by atoms with van der Waals surface area (Å²) < 4.78 is 66.9. The van der Waals surface area contributed by atoms with E-state index in [2.05, 4.69) is 19.7 Å². The Morgan fingerprint density at radius 1 is 1.12 bits per heavy atom. The Hall–Kier alpha value is -3.12. The van der Waals surface area contributed by atoms with Crippen LogP contribution in [0.1, 0.15) is 6.92 Å². The van der Waals surface area contributed by atoms with Crippen LogP contribution in [0.15, 0.2) is 54.9 Å². The summed E-state index contributed by atoms with van der Waals surface area (Å²) >= 11 is 0. The third-order valence-corrected chi connectivity index (χ3v) is 5.71. The van der Waals surface area contributed by atoms with Gasteiger partial charge in [0.2, 0.25) is 0 Å². The van der Waals surface area contributed by atoms with Crippen LogP contribution < -0.4 is 15.3 Å². The third kappa shape index (κ3) is 5.82. The molecule has 3 aromatic rings. The molecule has 0 fully saturated rings. The highest BCUT2D eigenvalue weighted by Gasteiger charge is 2.44. The van der Waals surface area contributed by atoms with Crippen LogP contribution in [-0.4, -0.2) is 43.4 Å². The van der Waals surface area contributed by atoms with Crippen LogP contribution in [0.4, 0.5) is 23.4 Å². The van der Waals surface area contributed by atoms with Gasteiger partial charge in [0.1, 0.15) is 11.5 Å². The lowest BCUT2D eigenvalue weighted by Crippen LogP contribution is -2.33. The molecule has 2 unspecified atom stereocenters. The molecule has 0 aliphatic rings. The topological polar surface area (TPSA) is 135 Å². The largest absolute Gasteiger partial charge is 0.461 e. The molecule has 3 rings (SSSR count). The molecule has 0 aliphatic carbocycles. The molecule has 14 heteroatoms. The fraction of sp³-hybridized carbons (Fsp3) is 0.211. The van der Waals surface area contributed by atoms with Gasteiger partial charge in [0.05, 0.1) is 5.69 Å². The first-order valence-corrected chi connectivity index (χ1v) is 11.0. The number of ether oxygens (including phenoxy) is 1. The normalized spacial score (nSPS) is 14.6. The first-order valence-electron chi connectivity index (χ1n) is 9.22. The van der Waals surface area contributed by atoms with Crippen molar-refractivity contribution in [3.05, 3.63) is 54.9 Å². The second-order valence-electron chi connectivity index (χ2n) is 6.81. The molecule has 1 aromatic carbocycles. The number of anilines is 1. The van der Waals surface area contributed by atoms with Crippen LogP contribution in [-0.2, 0) is 4.57 Å². The number of hydroxylamine groups is 1. The van der Waals surface area contributed by atoms with E-state index in [-0.39, 0.29) is 17.2 Å². The number of nitrogens with zero attached hydrogens (tertiary/aromatic N) is 4. The molecule has 0 aliphatic heterocycles. The maximum Gasteiger partial charge on any atom is 0.461 e. The number of benzene rings is 1. The van der Waals surface area contributed by atoms with E-state index in [1.807, 2.05) is 0 Å². The van der Waals surface area contributed by atoms with Crippen LogP contribution in [0.2, 0.25) is 0 Å². The summed E-state index contributed by atoms with van der Waals surface area (Å²) in [6.45, 7) is 1.24. The van der Waals surface area contributed by atoms with Gasteiger partial charge in [-0.2, -0.15) is 17.6 Å². The standard InChI is InChI=1S/C19H18F4N5O4P/c1-11(33(24,30)31)28(29)16-10-12(5-7-25-16)15-6-8-26-17(27-15)13-3-2-4-14(9-13)32-19(22,23)18(20)21/h2-11,18,29H,1H3,(H3,24,30,31). The Kier molecular flexibility index (Phi) is 6.98. The van der Waals surface area contributed by atoms with Gasteiger partial charge in [-0.15, -0.1) is 0 Å². The molecule has 0 saturated carbocycles. The summed E-state index contributed by atoms with van der Waals surface area (Å²) in [5.41, 5.74) is 6.15. The summed E-state index contributed by atoms with van der Waals surface area (Å²) in [4.78, 5) is 21.8. The molecule has 33 heavy (non-hydrogen) atoms. The van der Waals surface area contributed by atoms with Gasteiger partial charge in [-0.1, -0.05) is 12.1 Å². The molecule has 0 radical (unpaired) electrons. The van der Waals surface area contributed by atoms with Gasteiger partial charge in [-0.05, 0) is 37.3 Å². The lowest BCUT2D eigenvalue weighted by atomic mass is 10.1. The zero-order valence-electron chi connectivity index (χ0n) is 16.9. The number of aromatic nitrogens is 3. The molecule has 2 atom stereocenters. The number of hydrogen-bond donors (Lipinski definition) is 3. The highest BCUT2D eigenvalue weighted by Crippen LogP contribution is 2.39. The van der Waals surface area contributed by atoms with Crippen LogP contribution in [0.5, 0.6) is 5.75 Å². The number of hydrogen-bond acceptors (Lipinski definition) is 7. The maximum atomic E-state index is 13.2. The molecule has 0 amide bonds. The van der Waals surface area contributed by atoms with E-state index < -0.39 is 31.6 Å². The maximum absolute atomic E-state index is 13.2. The Morgan fingerprint density at radius 3 is 2.48 bits per heavy atom. The monoisotopic (exact) mass is 487 g/mol. The van der Waals surface area contributed by atoms with E-state index in [9.17, 15) is 32.2 Å². The fourth-order valence-electron chi connectivity index (χ4n) is 2.61. The number of pyridine rings is 1. The van der Waals surface area contributed by atoms with E-state index >= 15 is 0 Å². The predicted octanol–water partition coefficient (Wildman–Crippen LogP) is 4.13. The molecular formula is C19H18F4N5O4P. The molecule has 0 spiro atoms. The second-order valence-corrected chi connectivity index (χ2v) is 8.90. The lowest BCUT2D eigenvalue weighted by Gasteiger charge is -2.25. The molecule has 9 nitrogen and oxygen atoms in total. The lowest BCUT2D eigenvalue weighted by molar-refractivity contribution is -0.253. The molecule has 0 saturated heterocycles. The van der Waals surface area contributed by atoms with Crippen molar-refractivity contribution in [3.8, 4) is 28.4 Å². The van der Waals surface area contributed by atoms with Crippen molar-refractivity contribution in [2.75, 3.05) is 5.06 Å². The number of nitrogens with two attached hydrogens (primary N) is 1. The van der Waals surface area contributed by atoms with Crippen LogP contribution in [0, 0.1) is 0 Å². The average Bonchev–Trinajstić information content (AvgIpc) is 2.77. The van der Waals surface area contributed by atoms with E-state index in [0.29, 0.717) is 16.3 Å². The summed E-state index contributed by atoms with van der Waals surface area (Å²) in [7, 11) is -4.14. The van der Waals surface area contributed by atoms with Crippen molar-refractivity contribution in [2.45, 2.75) is 25.2 Å². The molecular weight excluding hydrogens is 469 g/mol. The van der Waals surface area contributed by atoms with Crippen molar-refractivity contribution in [1.82, 2.24) is 15.0 Å². The molecule has 4 N–H and O–H groups in total. The summed E-state index contributed by atoms with van der Waals surface area (Å²) in [6.07, 6.45) is -5.97. The Balaban J connectivity index is 1.91. The highest BCUT2D eigenvalue weighted by molar-refractivity contribution is 7.56. The van der Waals surface area contributed by atoms with Crippen molar-refractivity contribution >= 4 is 13.3 Å². The van der Waals surface area contributed by atoms with Gasteiger partial charge < -0.3 is 9.63 Å². The highest BCUT2D eigenvalue weighted by atomic mass is 31.2. The third-order valence-electron chi connectivity index (χ3n) is 4.42. The number of alkyl halides is 4. The van der Waals surface area contributed by atoms with Crippen molar-refractivity contribution in [1.29, 1.82) is 0 Å². The fourth-order valence-corrected chi connectivity index (χ4v) is 3.04. The zero-order valence-corrected chi connectivity index (χ0v) is 17.8. The van der Waals surface area contributed by atoms with Gasteiger partial charge in [0.25, 0.3) is 7.52 Å². The van der Waals surface area contributed by atoms with Crippen molar-refractivity contribution in [3.63, 3.8) is 0 Å². The van der Waals surface area contributed by atoms with Gasteiger partial charge in [0.15, 0.2) is 11.6 Å². The number of halogens is 4. The first kappa shape index (κ1) is 24.5. The van der Waals surface area contributed by atoms with Gasteiger partial charge >= 0.3 is 12.5 Å². The molecule has 0 bridgehead atoms. The smallest absolute Gasteiger partial charge is 0.428 e. The van der Waals surface area contributed by atoms with Crippen LogP contribution >= 0.6 is 7.52 Å². The van der Waals surface area contributed by atoms with E-state index in [4.69, 9.17) is 5.50 Å². The number of rotatable bonds is 8. The van der Waals surface area contributed by atoms with Gasteiger partial charge in [-0.3, -0.25) is 15.3 Å². The predicted molar refractivity (Wildman–Crippen MR) is 110 cm³/mol. The van der Waals surface area contributed by atoms with Gasteiger partial charge in [-0.25, -0.2) is 20.0 Å². The average molecular weight is 487 g/mol. The first-order chi connectivity index (χ1) is 15.4. The Labute approximate surface area is 185 Å². The second kappa shape index (κ2) is 9.40.